The Balaban J connectivity index is 1.82. The van der Waals surface area contributed by atoms with Crippen molar-refractivity contribution in [1.29, 1.82) is 0 Å². The van der Waals surface area contributed by atoms with Crippen LogP contribution in [-0.4, -0.2) is 39.2 Å². The first-order valence-electron chi connectivity index (χ1n) is 8.14. The number of carbonyl (C=O) groups is 2. The van der Waals surface area contributed by atoms with E-state index in [0.717, 1.165) is 11.3 Å². The molecule has 0 radical (unpaired) electrons. The molecular weight excluding hydrogens is 372 g/mol. The van der Waals surface area contributed by atoms with Crippen LogP contribution in [0.15, 0.2) is 36.4 Å². The number of nitrogens with one attached hydrogen (secondary N) is 2. The number of methoxy groups -OCH3 is 2. The quantitative estimate of drug-likeness (QED) is 0.559. The third-order valence-electron chi connectivity index (χ3n) is 3.65. The molecule has 0 aromatic heterocycles. The van der Waals surface area contributed by atoms with Crippen molar-refractivity contribution in [3.63, 3.8) is 0 Å². The van der Waals surface area contributed by atoms with E-state index >= 15 is 0 Å². The lowest BCUT2D eigenvalue weighted by molar-refractivity contribution is -0.136. The van der Waals surface area contributed by atoms with Crippen molar-refractivity contribution in [2.75, 3.05) is 32.7 Å². The molecule has 27 heavy (non-hydrogen) atoms. The van der Waals surface area contributed by atoms with Crippen molar-refractivity contribution in [2.24, 2.45) is 0 Å². The van der Waals surface area contributed by atoms with Gasteiger partial charge in [0.05, 0.1) is 26.5 Å². The van der Waals surface area contributed by atoms with Crippen LogP contribution in [-0.2, 0) is 9.59 Å². The second-order valence-corrected chi connectivity index (χ2v) is 5.94. The Kier molecular flexibility index (Phi) is 7.31. The van der Waals surface area contributed by atoms with Crippen molar-refractivity contribution in [3.8, 4) is 17.2 Å². The second-order valence-electron chi connectivity index (χ2n) is 5.54. The van der Waals surface area contributed by atoms with E-state index in [1.807, 2.05) is 0 Å². The van der Waals surface area contributed by atoms with Gasteiger partial charge < -0.3 is 24.8 Å². The number of ether oxygens (including phenoxy) is 3. The topological polar surface area (TPSA) is 85.9 Å². The molecule has 2 aromatic carbocycles. The number of halogens is 1. The monoisotopic (exact) mass is 392 g/mol. The van der Waals surface area contributed by atoms with Gasteiger partial charge in [0.2, 0.25) is 0 Å². The number of anilines is 1. The van der Waals surface area contributed by atoms with Crippen molar-refractivity contribution >= 4 is 29.1 Å². The van der Waals surface area contributed by atoms with Gasteiger partial charge in [-0.2, -0.15) is 0 Å². The number of amides is 2. The third-order valence-corrected chi connectivity index (χ3v) is 4.06. The van der Waals surface area contributed by atoms with Gasteiger partial charge in [0.15, 0.2) is 0 Å². The minimum atomic E-state index is -0.806. The van der Waals surface area contributed by atoms with Crippen LogP contribution < -0.4 is 24.8 Å². The number of benzene rings is 2. The Morgan fingerprint density at radius 1 is 1.00 bits per heavy atom. The molecule has 0 aliphatic carbocycles. The van der Waals surface area contributed by atoms with E-state index in [-0.39, 0.29) is 13.2 Å². The van der Waals surface area contributed by atoms with Gasteiger partial charge in [0, 0.05) is 11.1 Å². The highest BCUT2D eigenvalue weighted by molar-refractivity contribution is 6.40. The van der Waals surface area contributed by atoms with Crippen LogP contribution in [0.1, 0.15) is 5.56 Å². The molecule has 2 rings (SSSR count). The Morgan fingerprint density at radius 2 is 1.67 bits per heavy atom. The second kappa shape index (κ2) is 9.68. The van der Waals surface area contributed by atoms with E-state index < -0.39 is 11.8 Å². The lowest BCUT2D eigenvalue weighted by atomic mass is 10.2. The molecule has 7 nitrogen and oxygen atoms in total. The highest BCUT2D eigenvalue weighted by Gasteiger charge is 2.16. The first-order valence-corrected chi connectivity index (χ1v) is 8.52. The van der Waals surface area contributed by atoms with Crippen LogP contribution in [0, 0.1) is 6.92 Å². The summed E-state index contributed by atoms with van der Waals surface area (Å²) in [6, 6.07) is 10.3. The lowest BCUT2D eigenvalue weighted by Gasteiger charge is -2.12. The first-order chi connectivity index (χ1) is 12.9. The van der Waals surface area contributed by atoms with Crippen LogP contribution in [0.4, 0.5) is 5.69 Å². The molecule has 0 unspecified atom stereocenters. The van der Waals surface area contributed by atoms with Crippen LogP contribution in [0.3, 0.4) is 0 Å². The van der Waals surface area contributed by atoms with E-state index in [4.69, 9.17) is 25.8 Å². The highest BCUT2D eigenvalue weighted by atomic mass is 35.5. The number of aryl methyl sites for hydroxylation is 1. The Labute approximate surface area is 162 Å². The van der Waals surface area contributed by atoms with Crippen LogP contribution in [0.5, 0.6) is 17.2 Å². The van der Waals surface area contributed by atoms with Gasteiger partial charge in [-0.25, -0.2) is 0 Å². The first kappa shape index (κ1) is 20.4. The Hall–Kier alpha value is -2.93. The summed E-state index contributed by atoms with van der Waals surface area (Å²) in [5.74, 6) is 0.146. The van der Waals surface area contributed by atoms with Crippen molar-refractivity contribution in [3.05, 3.63) is 47.0 Å². The summed E-state index contributed by atoms with van der Waals surface area (Å²) in [6.07, 6.45) is 0. The van der Waals surface area contributed by atoms with Gasteiger partial charge in [-0.15, -0.1) is 0 Å². The average Bonchev–Trinajstić information content (AvgIpc) is 2.68. The van der Waals surface area contributed by atoms with E-state index in [1.165, 1.54) is 7.11 Å². The number of hydrogen-bond acceptors (Lipinski definition) is 5. The summed E-state index contributed by atoms with van der Waals surface area (Å²) in [6.45, 7) is 2.18. The van der Waals surface area contributed by atoms with Crippen LogP contribution in [0.2, 0.25) is 5.02 Å². The fourth-order valence-corrected chi connectivity index (χ4v) is 2.35. The predicted octanol–water partition coefficient (Wildman–Crippen LogP) is 2.80. The number of rotatable bonds is 7. The molecule has 0 atom stereocenters. The standard InChI is InChI=1S/C19H21ClN2O5/c1-12-10-16(17(26-3)11-15(12)20)22-19(24)18(23)21-8-9-27-14-6-4-13(25-2)5-7-14/h4-7,10-11H,8-9H2,1-3H3,(H,21,23)(H,22,24). The molecule has 2 aromatic rings. The lowest BCUT2D eigenvalue weighted by Crippen LogP contribution is -2.37. The SMILES string of the molecule is COc1ccc(OCCNC(=O)C(=O)Nc2cc(C)c(Cl)cc2OC)cc1. The minimum absolute atomic E-state index is 0.176. The normalized spacial score (nSPS) is 10.1. The highest BCUT2D eigenvalue weighted by Crippen LogP contribution is 2.30. The molecule has 0 saturated heterocycles. The molecule has 0 bridgehead atoms. The Bertz CT molecular complexity index is 808. The zero-order chi connectivity index (χ0) is 19.8. The maximum absolute atomic E-state index is 12.0. The maximum Gasteiger partial charge on any atom is 0.313 e. The van der Waals surface area contributed by atoms with Crippen molar-refractivity contribution in [1.82, 2.24) is 5.32 Å². The summed E-state index contributed by atoms with van der Waals surface area (Å²) in [4.78, 5) is 24.0. The van der Waals surface area contributed by atoms with Crippen molar-refractivity contribution < 1.29 is 23.8 Å². The summed E-state index contributed by atoms with van der Waals surface area (Å²) in [5.41, 5.74) is 1.12. The molecule has 0 heterocycles. The Morgan fingerprint density at radius 3 is 2.30 bits per heavy atom. The molecule has 2 amide bonds. The zero-order valence-electron chi connectivity index (χ0n) is 15.3. The van der Waals surface area contributed by atoms with Crippen molar-refractivity contribution in [2.45, 2.75) is 6.92 Å². The zero-order valence-corrected chi connectivity index (χ0v) is 16.1. The molecule has 0 aliphatic rings. The molecule has 0 saturated carbocycles. The largest absolute Gasteiger partial charge is 0.497 e. The van der Waals surface area contributed by atoms with Gasteiger partial charge in [-0.05, 0) is 42.8 Å². The molecule has 8 heteroatoms. The van der Waals surface area contributed by atoms with E-state index in [0.29, 0.717) is 22.2 Å². The van der Waals surface area contributed by atoms with Crippen LogP contribution in [0.25, 0.3) is 0 Å². The van der Waals surface area contributed by atoms with E-state index in [2.05, 4.69) is 10.6 Å². The number of hydrogen-bond donors (Lipinski definition) is 2. The van der Waals surface area contributed by atoms with Gasteiger partial charge in [-0.1, -0.05) is 11.6 Å². The fraction of sp³-hybridized carbons (Fsp3) is 0.263. The molecule has 2 N–H and O–H groups in total. The smallest absolute Gasteiger partial charge is 0.313 e. The van der Waals surface area contributed by atoms with Crippen LogP contribution >= 0.6 is 11.6 Å². The maximum atomic E-state index is 12.0. The molecule has 0 aliphatic heterocycles. The summed E-state index contributed by atoms with van der Waals surface area (Å²) in [7, 11) is 3.03. The number of carbonyl (C=O) groups excluding carboxylic acids is 2. The van der Waals surface area contributed by atoms with Gasteiger partial charge >= 0.3 is 11.8 Å². The van der Waals surface area contributed by atoms with Gasteiger partial charge in [0.25, 0.3) is 0 Å². The minimum Gasteiger partial charge on any atom is -0.497 e. The molecule has 0 fully saturated rings. The van der Waals surface area contributed by atoms with E-state index in [9.17, 15) is 9.59 Å². The summed E-state index contributed by atoms with van der Waals surface area (Å²) < 4.78 is 15.7. The summed E-state index contributed by atoms with van der Waals surface area (Å²) in [5, 5.41) is 5.51. The molecule has 0 spiro atoms. The molecular formula is C19H21ClN2O5. The van der Waals surface area contributed by atoms with E-state index in [1.54, 1.807) is 50.4 Å². The van der Waals surface area contributed by atoms with Gasteiger partial charge in [0.1, 0.15) is 23.9 Å². The van der Waals surface area contributed by atoms with Gasteiger partial charge in [-0.3, -0.25) is 9.59 Å². The fourth-order valence-electron chi connectivity index (χ4n) is 2.19. The predicted molar refractivity (Wildman–Crippen MR) is 103 cm³/mol. The molecule has 144 valence electrons. The average molecular weight is 393 g/mol. The summed E-state index contributed by atoms with van der Waals surface area (Å²) >= 11 is 6.02. The third kappa shape index (κ3) is 5.79.